The van der Waals surface area contributed by atoms with Crippen LogP contribution in [-0.4, -0.2) is 17.9 Å². The number of rotatable bonds is 1. The van der Waals surface area contributed by atoms with Crippen LogP contribution >= 0.6 is 0 Å². The first-order valence-electron chi connectivity index (χ1n) is 4.21. The van der Waals surface area contributed by atoms with Crippen molar-refractivity contribution in [2.75, 3.05) is 0 Å². The van der Waals surface area contributed by atoms with Gasteiger partial charge in [0.25, 0.3) is 0 Å². The smallest absolute Gasteiger partial charge is 0.869 e. The van der Waals surface area contributed by atoms with Gasteiger partial charge in [-0.3, -0.25) is 14.4 Å². The summed E-state index contributed by atoms with van der Waals surface area (Å²) in [4.78, 5) is 33.5. The van der Waals surface area contributed by atoms with Crippen LogP contribution in [0.1, 0.15) is 20.7 Å². The molecular weight excluding hydrogens is 235 g/mol. The molecule has 4 nitrogen and oxygen atoms in total. The normalized spacial score (nSPS) is 14.2. The maximum Gasteiger partial charge on any atom is 1.00 e. The summed E-state index contributed by atoms with van der Waals surface area (Å²) in [6.45, 7) is 0. The zero-order valence-corrected chi connectivity index (χ0v) is 11.6. The summed E-state index contributed by atoms with van der Waals surface area (Å²) in [6, 6.07) is 5.95. The molecule has 0 heterocycles. The number of hydrogen-bond donors (Lipinski definition) is 0. The van der Waals surface area contributed by atoms with Crippen LogP contribution in [0.15, 0.2) is 35.6 Å². The third-order valence-electron chi connectivity index (χ3n) is 2.23. The average Bonchev–Trinajstić information content (AvgIpc) is 2.27. The Bertz CT molecular complexity index is 516. The second-order valence-corrected chi connectivity index (χ2v) is 3.06. The minimum atomic E-state index is -1.02. The van der Waals surface area contributed by atoms with Gasteiger partial charge in [-0.2, -0.15) is 0 Å². The molecule has 0 bridgehead atoms. The monoisotopic (exact) mass is 240 g/mol. The van der Waals surface area contributed by atoms with E-state index in [1.54, 1.807) is 12.1 Å². The Hall–Kier alpha value is -0.594. The summed E-state index contributed by atoms with van der Waals surface area (Å²) in [6.07, 6.45) is 0.137. The summed E-state index contributed by atoms with van der Waals surface area (Å²) >= 11 is 0. The van der Waals surface area contributed by atoms with Gasteiger partial charge in [0.2, 0.25) is 0 Å². The molecule has 0 N–H and O–H groups in total. The van der Waals surface area contributed by atoms with Crippen molar-refractivity contribution in [3.05, 3.63) is 46.7 Å². The SMILES string of the molecule is O=CC1=C([O-])C(=O)c2ccccc2C1=O.[K+]. The van der Waals surface area contributed by atoms with Crippen molar-refractivity contribution in [2.24, 2.45) is 0 Å². The molecule has 1 aromatic carbocycles. The molecule has 0 fully saturated rings. The summed E-state index contributed by atoms with van der Waals surface area (Å²) in [7, 11) is 0. The molecule has 0 aromatic heterocycles. The third-order valence-corrected chi connectivity index (χ3v) is 2.23. The molecule has 1 aliphatic rings. The fraction of sp³-hybridized carbons (Fsp3) is 0. The molecule has 0 spiro atoms. The molecule has 1 aliphatic carbocycles. The molecule has 0 atom stereocenters. The maximum atomic E-state index is 11.6. The zero-order chi connectivity index (χ0) is 11.0. The van der Waals surface area contributed by atoms with Crippen molar-refractivity contribution >= 4 is 17.9 Å². The van der Waals surface area contributed by atoms with Crippen molar-refractivity contribution in [3.63, 3.8) is 0 Å². The average molecular weight is 240 g/mol. The molecule has 2 rings (SSSR count). The summed E-state index contributed by atoms with van der Waals surface area (Å²) in [5, 5.41) is 11.3. The van der Waals surface area contributed by atoms with E-state index in [-0.39, 0.29) is 68.8 Å². The molecule has 16 heavy (non-hydrogen) atoms. The molecule has 74 valence electrons. The topological polar surface area (TPSA) is 74.3 Å². The number of hydrogen-bond acceptors (Lipinski definition) is 4. The van der Waals surface area contributed by atoms with E-state index in [4.69, 9.17) is 0 Å². The van der Waals surface area contributed by atoms with E-state index in [2.05, 4.69) is 0 Å². The van der Waals surface area contributed by atoms with Gasteiger partial charge in [-0.15, -0.1) is 0 Å². The van der Waals surface area contributed by atoms with Crippen molar-refractivity contribution in [3.8, 4) is 0 Å². The van der Waals surface area contributed by atoms with Crippen LogP contribution in [0.4, 0.5) is 0 Å². The summed E-state index contributed by atoms with van der Waals surface area (Å²) in [5.41, 5.74) is -0.402. The van der Waals surface area contributed by atoms with Crippen LogP contribution in [-0.2, 0) is 4.79 Å². The Labute approximate surface area is 134 Å². The molecule has 0 aliphatic heterocycles. The van der Waals surface area contributed by atoms with E-state index in [0.717, 1.165) is 0 Å². The second kappa shape index (κ2) is 5.16. The third kappa shape index (κ3) is 1.96. The van der Waals surface area contributed by atoms with Crippen molar-refractivity contribution in [2.45, 2.75) is 0 Å². The molecule has 5 heteroatoms. The van der Waals surface area contributed by atoms with Gasteiger partial charge in [0, 0.05) is 11.1 Å². The van der Waals surface area contributed by atoms with Crippen molar-refractivity contribution in [1.82, 2.24) is 0 Å². The van der Waals surface area contributed by atoms with Gasteiger partial charge >= 0.3 is 51.4 Å². The fourth-order valence-electron chi connectivity index (χ4n) is 1.48. The number of Topliss-reactive ketones (excluding diaryl/α,β-unsaturated/α-hetero) is 2. The van der Waals surface area contributed by atoms with E-state index in [9.17, 15) is 19.5 Å². The largest absolute Gasteiger partial charge is 1.00 e. The van der Waals surface area contributed by atoms with E-state index in [0.29, 0.717) is 0 Å². The molecule has 1 aromatic rings. The number of allylic oxidation sites excluding steroid dienone is 2. The quantitative estimate of drug-likeness (QED) is 0.296. The fourth-order valence-corrected chi connectivity index (χ4v) is 1.48. The standard InChI is InChI=1S/C11H6O4.K/c12-5-8-9(13)6-3-1-2-4-7(6)10(14)11(8)15;/h1-5,15H;/q;+1/p-1. The van der Waals surface area contributed by atoms with Gasteiger partial charge in [0.1, 0.15) is 0 Å². The molecular formula is C11H5KO4. The predicted octanol–water partition coefficient (Wildman–Crippen LogP) is -3.12. The van der Waals surface area contributed by atoms with Gasteiger partial charge in [-0.05, 0) is 5.76 Å². The zero-order valence-electron chi connectivity index (χ0n) is 8.52. The number of carbonyl (C=O) groups is 3. The Morgan fingerprint density at radius 1 is 1.00 bits per heavy atom. The first kappa shape index (κ1) is 13.5. The number of carbonyl (C=O) groups excluding carboxylic acids is 3. The number of benzene rings is 1. The Morgan fingerprint density at radius 3 is 2.00 bits per heavy atom. The molecule has 0 saturated heterocycles. The number of fused-ring (bicyclic) bond motifs is 1. The van der Waals surface area contributed by atoms with Crippen LogP contribution in [0.3, 0.4) is 0 Å². The Balaban J connectivity index is 0.00000128. The van der Waals surface area contributed by atoms with E-state index in [1.807, 2.05) is 0 Å². The van der Waals surface area contributed by atoms with Gasteiger partial charge in [-0.25, -0.2) is 0 Å². The minimum Gasteiger partial charge on any atom is -0.869 e. The molecule has 0 unspecified atom stereocenters. The molecule has 0 radical (unpaired) electrons. The molecule has 0 amide bonds. The second-order valence-electron chi connectivity index (χ2n) is 3.06. The van der Waals surface area contributed by atoms with Crippen LogP contribution in [0, 0.1) is 0 Å². The van der Waals surface area contributed by atoms with E-state index in [1.165, 1.54) is 12.1 Å². The maximum absolute atomic E-state index is 11.6. The Kier molecular flexibility index (Phi) is 4.34. The van der Waals surface area contributed by atoms with Crippen molar-refractivity contribution in [1.29, 1.82) is 0 Å². The van der Waals surface area contributed by atoms with Crippen LogP contribution in [0.5, 0.6) is 0 Å². The first-order chi connectivity index (χ1) is 7.16. The van der Waals surface area contributed by atoms with Crippen LogP contribution in [0.2, 0.25) is 0 Å². The summed E-state index contributed by atoms with van der Waals surface area (Å²) < 4.78 is 0. The predicted molar refractivity (Wildman–Crippen MR) is 48.2 cm³/mol. The van der Waals surface area contributed by atoms with Gasteiger partial charge in [-0.1, -0.05) is 24.3 Å². The van der Waals surface area contributed by atoms with Crippen molar-refractivity contribution < 1.29 is 70.9 Å². The number of aldehydes is 1. The number of ketones is 2. The van der Waals surface area contributed by atoms with Crippen LogP contribution < -0.4 is 56.5 Å². The first-order valence-corrected chi connectivity index (χ1v) is 4.21. The van der Waals surface area contributed by atoms with Gasteiger partial charge in [0.15, 0.2) is 17.9 Å². The van der Waals surface area contributed by atoms with Crippen LogP contribution in [0.25, 0.3) is 0 Å². The van der Waals surface area contributed by atoms with E-state index < -0.39 is 22.9 Å². The minimum absolute atomic E-state index is 0. The molecule has 0 saturated carbocycles. The Morgan fingerprint density at radius 2 is 1.50 bits per heavy atom. The van der Waals surface area contributed by atoms with Gasteiger partial charge < -0.3 is 5.11 Å². The van der Waals surface area contributed by atoms with E-state index >= 15 is 0 Å². The summed E-state index contributed by atoms with van der Waals surface area (Å²) in [5.74, 6) is -2.49. The van der Waals surface area contributed by atoms with Gasteiger partial charge in [0.05, 0.1) is 5.57 Å².